The molecule has 96 valence electrons. The molecule has 1 N–H and O–H groups in total. The number of rotatable bonds is 4. The second kappa shape index (κ2) is 5.05. The summed E-state index contributed by atoms with van der Waals surface area (Å²) in [6.45, 7) is 9.93. The molecule has 0 aliphatic carbocycles. The molecule has 1 rings (SSSR count). The highest BCUT2D eigenvalue weighted by atomic mass is 32.2. The summed E-state index contributed by atoms with van der Waals surface area (Å²) in [5, 5.41) is 3.52. The Morgan fingerprint density at radius 3 is 2.19 bits per heavy atom. The van der Waals surface area contributed by atoms with Crippen molar-refractivity contribution in [1.82, 2.24) is 5.32 Å². The molecule has 1 aliphatic heterocycles. The van der Waals surface area contributed by atoms with Gasteiger partial charge < -0.3 is 5.32 Å². The highest BCUT2D eigenvalue weighted by Crippen LogP contribution is 2.25. The number of sulfone groups is 1. The molecular formula is C12H25NO2S. The van der Waals surface area contributed by atoms with Crippen LogP contribution in [0.1, 0.15) is 40.5 Å². The fraction of sp³-hybridized carbons (Fsp3) is 1.00. The quantitative estimate of drug-likeness (QED) is 0.824. The monoisotopic (exact) mass is 247 g/mol. The molecule has 1 saturated heterocycles. The highest BCUT2D eigenvalue weighted by Gasteiger charge is 2.27. The fourth-order valence-corrected chi connectivity index (χ4v) is 3.20. The van der Waals surface area contributed by atoms with Gasteiger partial charge in [-0.2, -0.15) is 0 Å². The molecule has 0 atom stereocenters. The van der Waals surface area contributed by atoms with Gasteiger partial charge in [-0.3, -0.25) is 0 Å². The van der Waals surface area contributed by atoms with E-state index in [4.69, 9.17) is 0 Å². The van der Waals surface area contributed by atoms with E-state index in [1.54, 1.807) is 0 Å². The van der Waals surface area contributed by atoms with Gasteiger partial charge in [0.25, 0.3) is 0 Å². The Morgan fingerprint density at radius 1 is 1.25 bits per heavy atom. The summed E-state index contributed by atoms with van der Waals surface area (Å²) in [4.78, 5) is 0. The zero-order chi connectivity index (χ0) is 12.4. The Hall–Kier alpha value is -0.0900. The van der Waals surface area contributed by atoms with E-state index in [0.717, 1.165) is 19.4 Å². The molecule has 0 aromatic carbocycles. The molecule has 1 aliphatic rings. The Labute approximate surface area is 99.9 Å². The van der Waals surface area contributed by atoms with Crippen LogP contribution < -0.4 is 5.32 Å². The van der Waals surface area contributed by atoms with Crippen LogP contribution in [0.2, 0.25) is 0 Å². The van der Waals surface area contributed by atoms with Crippen molar-refractivity contribution in [2.24, 2.45) is 11.3 Å². The van der Waals surface area contributed by atoms with Gasteiger partial charge in [0.05, 0.1) is 11.5 Å². The Balaban J connectivity index is 2.36. The maximum Gasteiger partial charge on any atom is 0.150 e. The van der Waals surface area contributed by atoms with Crippen LogP contribution in [0.25, 0.3) is 0 Å². The van der Waals surface area contributed by atoms with Gasteiger partial charge in [-0.15, -0.1) is 0 Å². The smallest absolute Gasteiger partial charge is 0.150 e. The van der Waals surface area contributed by atoms with Crippen LogP contribution in [0, 0.1) is 11.3 Å². The molecule has 3 nitrogen and oxygen atoms in total. The van der Waals surface area contributed by atoms with Gasteiger partial charge in [-0.25, -0.2) is 8.42 Å². The van der Waals surface area contributed by atoms with Gasteiger partial charge in [-0.05, 0) is 24.2 Å². The normalized spacial score (nSPS) is 22.6. The first-order chi connectivity index (χ1) is 7.23. The fourth-order valence-electron chi connectivity index (χ4n) is 1.71. The van der Waals surface area contributed by atoms with Gasteiger partial charge in [-0.1, -0.05) is 27.7 Å². The van der Waals surface area contributed by atoms with Crippen LogP contribution in [0.4, 0.5) is 0 Å². The van der Waals surface area contributed by atoms with E-state index in [0.29, 0.717) is 23.5 Å². The van der Waals surface area contributed by atoms with Crippen molar-refractivity contribution in [1.29, 1.82) is 0 Å². The molecule has 1 heterocycles. The van der Waals surface area contributed by atoms with Gasteiger partial charge >= 0.3 is 0 Å². The summed E-state index contributed by atoms with van der Waals surface area (Å²) in [7, 11) is -2.73. The SMILES string of the molecule is CC(C)C(C)(C)CNC1CCS(=O)(=O)CC1. The number of hydrogen-bond donors (Lipinski definition) is 1. The molecule has 0 bridgehead atoms. The predicted molar refractivity (Wildman–Crippen MR) is 68.3 cm³/mol. The van der Waals surface area contributed by atoms with Crippen LogP contribution in [0.3, 0.4) is 0 Å². The average molecular weight is 247 g/mol. The van der Waals surface area contributed by atoms with Crippen molar-refractivity contribution < 1.29 is 8.42 Å². The van der Waals surface area contributed by atoms with Crippen molar-refractivity contribution in [2.75, 3.05) is 18.1 Å². The number of nitrogens with one attached hydrogen (secondary N) is 1. The molecule has 0 radical (unpaired) electrons. The van der Waals surface area contributed by atoms with E-state index < -0.39 is 9.84 Å². The van der Waals surface area contributed by atoms with Crippen molar-refractivity contribution in [2.45, 2.75) is 46.6 Å². The largest absolute Gasteiger partial charge is 0.313 e. The Bertz CT molecular complexity index is 306. The van der Waals surface area contributed by atoms with E-state index >= 15 is 0 Å². The second-order valence-electron chi connectivity index (χ2n) is 5.95. The molecule has 0 unspecified atom stereocenters. The molecule has 4 heteroatoms. The average Bonchev–Trinajstić information content (AvgIpc) is 2.16. The molecule has 0 amide bonds. The minimum atomic E-state index is -2.73. The molecule has 0 aromatic rings. The predicted octanol–water partition coefficient (Wildman–Crippen LogP) is 1.84. The first-order valence-corrected chi connectivity index (χ1v) is 7.99. The van der Waals surface area contributed by atoms with Gasteiger partial charge in [0, 0.05) is 12.6 Å². The van der Waals surface area contributed by atoms with Gasteiger partial charge in [0.1, 0.15) is 9.84 Å². The van der Waals surface area contributed by atoms with E-state index in [1.807, 2.05) is 0 Å². The Morgan fingerprint density at radius 2 is 1.75 bits per heavy atom. The third-order valence-corrected chi connectivity index (χ3v) is 5.68. The standard InChI is InChI=1S/C12H25NO2S/c1-10(2)12(3,4)9-13-11-5-7-16(14,15)8-6-11/h10-11,13H,5-9H2,1-4H3. The van der Waals surface area contributed by atoms with E-state index in [2.05, 4.69) is 33.0 Å². The summed E-state index contributed by atoms with van der Waals surface area (Å²) in [6, 6.07) is 0.390. The molecule has 16 heavy (non-hydrogen) atoms. The lowest BCUT2D eigenvalue weighted by atomic mass is 9.81. The van der Waals surface area contributed by atoms with E-state index in [-0.39, 0.29) is 5.41 Å². The van der Waals surface area contributed by atoms with Crippen LogP contribution in [0.5, 0.6) is 0 Å². The summed E-state index contributed by atoms with van der Waals surface area (Å²) in [5.41, 5.74) is 0.274. The molecule has 1 fully saturated rings. The lowest BCUT2D eigenvalue weighted by molar-refractivity contribution is 0.225. The third kappa shape index (κ3) is 4.06. The zero-order valence-electron chi connectivity index (χ0n) is 10.9. The number of hydrogen-bond acceptors (Lipinski definition) is 3. The van der Waals surface area contributed by atoms with Crippen LogP contribution in [-0.4, -0.2) is 32.5 Å². The lowest BCUT2D eigenvalue weighted by Gasteiger charge is -2.33. The third-order valence-electron chi connectivity index (χ3n) is 3.96. The van der Waals surface area contributed by atoms with Crippen molar-refractivity contribution >= 4 is 9.84 Å². The minimum absolute atomic E-state index is 0.274. The van der Waals surface area contributed by atoms with E-state index in [9.17, 15) is 8.42 Å². The first-order valence-electron chi connectivity index (χ1n) is 6.17. The summed E-state index contributed by atoms with van der Waals surface area (Å²) < 4.78 is 22.6. The van der Waals surface area contributed by atoms with Crippen LogP contribution >= 0.6 is 0 Å². The van der Waals surface area contributed by atoms with Crippen molar-refractivity contribution in [3.8, 4) is 0 Å². The summed E-state index contributed by atoms with van der Waals surface area (Å²) in [5.74, 6) is 1.34. The lowest BCUT2D eigenvalue weighted by Crippen LogP contribution is -2.43. The van der Waals surface area contributed by atoms with Gasteiger partial charge in [0.2, 0.25) is 0 Å². The molecular weight excluding hydrogens is 222 g/mol. The summed E-state index contributed by atoms with van der Waals surface area (Å²) in [6.07, 6.45) is 1.55. The highest BCUT2D eigenvalue weighted by molar-refractivity contribution is 7.91. The maximum absolute atomic E-state index is 11.3. The van der Waals surface area contributed by atoms with Crippen LogP contribution in [-0.2, 0) is 9.84 Å². The Kier molecular flexibility index (Phi) is 4.41. The second-order valence-corrected chi connectivity index (χ2v) is 8.25. The summed E-state index contributed by atoms with van der Waals surface area (Å²) >= 11 is 0. The minimum Gasteiger partial charge on any atom is -0.313 e. The van der Waals surface area contributed by atoms with E-state index in [1.165, 1.54) is 0 Å². The van der Waals surface area contributed by atoms with Crippen molar-refractivity contribution in [3.05, 3.63) is 0 Å². The zero-order valence-corrected chi connectivity index (χ0v) is 11.7. The topological polar surface area (TPSA) is 46.2 Å². The molecule has 0 aromatic heterocycles. The maximum atomic E-state index is 11.3. The first kappa shape index (κ1) is 14.0. The van der Waals surface area contributed by atoms with Gasteiger partial charge in [0.15, 0.2) is 0 Å². The molecule has 0 spiro atoms. The van der Waals surface area contributed by atoms with Crippen molar-refractivity contribution in [3.63, 3.8) is 0 Å². The molecule has 0 saturated carbocycles. The van der Waals surface area contributed by atoms with Crippen LogP contribution in [0.15, 0.2) is 0 Å².